The molecule has 2 amide bonds. The van der Waals surface area contributed by atoms with Gasteiger partial charge >= 0.3 is 0 Å². The van der Waals surface area contributed by atoms with Crippen molar-refractivity contribution in [3.8, 4) is 0 Å². The van der Waals surface area contributed by atoms with Gasteiger partial charge in [0.25, 0.3) is 11.8 Å². The van der Waals surface area contributed by atoms with Crippen molar-refractivity contribution in [1.29, 1.82) is 0 Å². The maximum atomic E-state index is 13.0. The summed E-state index contributed by atoms with van der Waals surface area (Å²) < 4.78 is 0. The van der Waals surface area contributed by atoms with Crippen molar-refractivity contribution < 1.29 is 9.59 Å². The highest BCUT2D eigenvalue weighted by atomic mass is 16.2. The summed E-state index contributed by atoms with van der Waals surface area (Å²) in [5.74, 6) is -0.184. The molecule has 0 aliphatic carbocycles. The van der Waals surface area contributed by atoms with Crippen LogP contribution in [0.3, 0.4) is 0 Å². The van der Waals surface area contributed by atoms with E-state index in [2.05, 4.69) is 5.32 Å². The van der Waals surface area contributed by atoms with Crippen LogP contribution in [0.1, 0.15) is 32.7 Å². The topological polar surface area (TPSA) is 52.7 Å². The number of nitrogens with one attached hydrogen (secondary N) is 1. The number of fused-ring (bicyclic) bond motifs is 1. The molecular formula is C25H25N3O2. The summed E-state index contributed by atoms with van der Waals surface area (Å²) in [7, 11) is 3.93. The summed E-state index contributed by atoms with van der Waals surface area (Å²) in [6.07, 6.45) is 1.85. The van der Waals surface area contributed by atoms with E-state index in [9.17, 15) is 9.59 Å². The van der Waals surface area contributed by atoms with Gasteiger partial charge in [0.1, 0.15) is 0 Å². The summed E-state index contributed by atoms with van der Waals surface area (Å²) >= 11 is 0. The summed E-state index contributed by atoms with van der Waals surface area (Å²) in [6.45, 7) is 0.671. The molecule has 1 aliphatic heterocycles. The van der Waals surface area contributed by atoms with Crippen molar-refractivity contribution in [1.82, 2.24) is 0 Å². The second-order valence-corrected chi connectivity index (χ2v) is 7.67. The van der Waals surface area contributed by atoms with Crippen LogP contribution in [0.15, 0.2) is 72.8 Å². The normalized spacial score (nSPS) is 12.8. The zero-order valence-corrected chi connectivity index (χ0v) is 17.3. The van der Waals surface area contributed by atoms with Gasteiger partial charge in [-0.1, -0.05) is 24.3 Å². The molecular weight excluding hydrogens is 374 g/mol. The van der Waals surface area contributed by atoms with Gasteiger partial charge in [-0.05, 0) is 66.9 Å². The molecule has 0 spiro atoms. The molecule has 3 aromatic rings. The summed E-state index contributed by atoms with van der Waals surface area (Å²) in [5.41, 5.74) is 4.98. The predicted molar refractivity (Wildman–Crippen MR) is 122 cm³/mol. The fourth-order valence-corrected chi connectivity index (χ4v) is 3.71. The average Bonchev–Trinajstić information content (AvgIpc) is 2.78. The number of hydrogen-bond acceptors (Lipinski definition) is 3. The zero-order valence-electron chi connectivity index (χ0n) is 17.3. The standard InChI is InChI=1S/C25H25N3O2/c1-27(2)22-14-11-19(12-15-22)24(29)26-21-13-10-18-9-6-16-28(23(18)17-21)25(30)20-7-4-3-5-8-20/h3-5,7-8,10-15,17H,6,9,16H2,1-2H3,(H,26,29). The maximum absolute atomic E-state index is 13.0. The smallest absolute Gasteiger partial charge is 0.258 e. The Bertz CT molecular complexity index is 1060. The van der Waals surface area contributed by atoms with E-state index >= 15 is 0 Å². The van der Waals surface area contributed by atoms with Crippen LogP contribution in [0.25, 0.3) is 0 Å². The van der Waals surface area contributed by atoms with Crippen LogP contribution in [0, 0.1) is 0 Å². The zero-order chi connectivity index (χ0) is 21.1. The van der Waals surface area contributed by atoms with E-state index < -0.39 is 0 Å². The van der Waals surface area contributed by atoms with E-state index in [4.69, 9.17) is 0 Å². The lowest BCUT2D eigenvalue weighted by molar-refractivity contribution is 0.0984. The highest BCUT2D eigenvalue weighted by Crippen LogP contribution is 2.31. The first-order chi connectivity index (χ1) is 14.5. The lowest BCUT2D eigenvalue weighted by atomic mass is 10.00. The van der Waals surface area contributed by atoms with Gasteiger partial charge in [-0.25, -0.2) is 0 Å². The van der Waals surface area contributed by atoms with Gasteiger partial charge in [0.05, 0.1) is 0 Å². The fraction of sp³-hybridized carbons (Fsp3) is 0.200. The first-order valence-electron chi connectivity index (χ1n) is 10.1. The largest absolute Gasteiger partial charge is 0.378 e. The molecule has 0 atom stereocenters. The van der Waals surface area contributed by atoms with E-state index in [1.165, 1.54) is 0 Å². The molecule has 0 saturated carbocycles. The van der Waals surface area contributed by atoms with Crippen LogP contribution in [-0.4, -0.2) is 32.5 Å². The van der Waals surface area contributed by atoms with Crippen LogP contribution < -0.4 is 15.1 Å². The molecule has 0 fully saturated rings. The molecule has 30 heavy (non-hydrogen) atoms. The number of rotatable bonds is 4. The van der Waals surface area contributed by atoms with Crippen molar-refractivity contribution in [2.24, 2.45) is 0 Å². The van der Waals surface area contributed by atoms with Gasteiger partial charge in [-0.2, -0.15) is 0 Å². The number of hydrogen-bond donors (Lipinski definition) is 1. The van der Waals surface area contributed by atoms with Crippen LogP contribution in [0.4, 0.5) is 17.1 Å². The average molecular weight is 399 g/mol. The van der Waals surface area contributed by atoms with E-state index in [0.717, 1.165) is 29.8 Å². The number of aryl methyl sites for hydroxylation is 1. The molecule has 0 aromatic heterocycles. The van der Waals surface area contributed by atoms with E-state index in [1.807, 2.05) is 96.7 Å². The Kier molecular flexibility index (Phi) is 5.53. The SMILES string of the molecule is CN(C)c1ccc(C(=O)Nc2ccc3c(c2)N(C(=O)c2ccccc2)CCC3)cc1. The number of benzene rings is 3. The Labute approximate surface area is 176 Å². The number of nitrogens with zero attached hydrogens (tertiary/aromatic N) is 2. The Morgan fingerprint density at radius 1 is 0.900 bits per heavy atom. The highest BCUT2D eigenvalue weighted by molar-refractivity contribution is 6.08. The van der Waals surface area contributed by atoms with Crippen LogP contribution in [0.5, 0.6) is 0 Å². The molecule has 5 nitrogen and oxygen atoms in total. The molecule has 1 N–H and O–H groups in total. The third-order valence-electron chi connectivity index (χ3n) is 5.37. The first-order valence-corrected chi connectivity index (χ1v) is 10.1. The quantitative estimate of drug-likeness (QED) is 0.698. The molecule has 1 aliphatic rings. The molecule has 0 saturated heterocycles. The van der Waals surface area contributed by atoms with E-state index in [0.29, 0.717) is 23.4 Å². The molecule has 3 aromatic carbocycles. The van der Waals surface area contributed by atoms with Gasteiger partial charge in [0, 0.05) is 48.8 Å². The number of anilines is 3. The van der Waals surface area contributed by atoms with Crippen molar-refractivity contribution >= 4 is 28.9 Å². The molecule has 1 heterocycles. The Hall–Kier alpha value is -3.60. The molecule has 152 valence electrons. The molecule has 5 heteroatoms. The minimum absolute atomic E-state index is 0.0145. The minimum atomic E-state index is -0.169. The Morgan fingerprint density at radius 2 is 1.63 bits per heavy atom. The maximum Gasteiger partial charge on any atom is 0.258 e. The summed E-state index contributed by atoms with van der Waals surface area (Å²) in [4.78, 5) is 29.5. The van der Waals surface area contributed by atoms with Gasteiger partial charge in [0.15, 0.2) is 0 Å². The third-order valence-corrected chi connectivity index (χ3v) is 5.37. The van der Waals surface area contributed by atoms with Gasteiger partial charge in [-0.3, -0.25) is 9.59 Å². The van der Waals surface area contributed by atoms with Crippen molar-refractivity contribution in [3.63, 3.8) is 0 Å². The van der Waals surface area contributed by atoms with E-state index in [-0.39, 0.29) is 11.8 Å². The van der Waals surface area contributed by atoms with Gasteiger partial charge in [0.2, 0.25) is 0 Å². The Morgan fingerprint density at radius 3 is 2.33 bits per heavy atom. The number of carbonyl (C=O) groups is 2. The Balaban J connectivity index is 1.56. The molecule has 0 bridgehead atoms. The van der Waals surface area contributed by atoms with Crippen LogP contribution in [-0.2, 0) is 6.42 Å². The fourth-order valence-electron chi connectivity index (χ4n) is 3.71. The van der Waals surface area contributed by atoms with Crippen LogP contribution >= 0.6 is 0 Å². The molecule has 4 rings (SSSR count). The molecule has 0 unspecified atom stereocenters. The number of carbonyl (C=O) groups excluding carboxylic acids is 2. The second kappa shape index (κ2) is 8.41. The first kappa shape index (κ1) is 19.7. The molecule has 0 radical (unpaired) electrons. The predicted octanol–water partition coefficient (Wildman–Crippen LogP) is 4.60. The monoisotopic (exact) mass is 399 g/mol. The lowest BCUT2D eigenvalue weighted by Crippen LogP contribution is -2.35. The third kappa shape index (κ3) is 4.06. The lowest BCUT2D eigenvalue weighted by Gasteiger charge is -2.30. The second-order valence-electron chi connectivity index (χ2n) is 7.67. The number of amides is 2. The summed E-state index contributed by atoms with van der Waals surface area (Å²) in [5, 5.41) is 2.97. The minimum Gasteiger partial charge on any atom is -0.378 e. The van der Waals surface area contributed by atoms with E-state index in [1.54, 1.807) is 0 Å². The van der Waals surface area contributed by atoms with Crippen LogP contribution in [0.2, 0.25) is 0 Å². The van der Waals surface area contributed by atoms with Crippen molar-refractivity contribution in [3.05, 3.63) is 89.5 Å². The summed E-state index contributed by atoms with van der Waals surface area (Å²) in [6, 6.07) is 22.6. The van der Waals surface area contributed by atoms with Gasteiger partial charge < -0.3 is 15.1 Å². The van der Waals surface area contributed by atoms with Crippen molar-refractivity contribution in [2.45, 2.75) is 12.8 Å². The van der Waals surface area contributed by atoms with Gasteiger partial charge in [-0.15, -0.1) is 0 Å². The highest BCUT2D eigenvalue weighted by Gasteiger charge is 2.24. The van der Waals surface area contributed by atoms with Crippen molar-refractivity contribution in [2.75, 3.05) is 35.8 Å².